The Balaban J connectivity index is 4.26. The van der Waals surface area contributed by atoms with Crippen LogP contribution in [-0.4, -0.2) is 37.2 Å². The van der Waals surface area contributed by atoms with E-state index in [9.17, 15) is 14.4 Å². The van der Waals surface area contributed by atoms with Gasteiger partial charge < -0.3 is 14.2 Å². The highest BCUT2D eigenvalue weighted by Crippen LogP contribution is 2.14. The number of rotatable bonds is 47. The topological polar surface area (TPSA) is 78.9 Å². The van der Waals surface area contributed by atoms with E-state index in [2.05, 4.69) is 118 Å². The van der Waals surface area contributed by atoms with Crippen LogP contribution in [0.2, 0.25) is 0 Å². The molecule has 0 aliphatic heterocycles. The summed E-state index contributed by atoms with van der Waals surface area (Å²) in [4.78, 5) is 37.9. The van der Waals surface area contributed by atoms with Gasteiger partial charge in [-0.05, 0) is 96.3 Å². The highest BCUT2D eigenvalue weighted by atomic mass is 16.6. The van der Waals surface area contributed by atoms with Gasteiger partial charge in [-0.25, -0.2) is 0 Å². The van der Waals surface area contributed by atoms with Crippen molar-refractivity contribution in [1.82, 2.24) is 0 Å². The summed E-state index contributed by atoms with van der Waals surface area (Å²) in [6.45, 7) is 6.34. The largest absolute Gasteiger partial charge is 0.462 e. The molecule has 0 fully saturated rings. The molecule has 0 aromatic carbocycles. The first-order chi connectivity index (χ1) is 32.0. The van der Waals surface area contributed by atoms with Crippen molar-refractivity contribution in [3.8, 4) is 0 Å². The van der Waals surface area contributed by atoms with Gasteiger partial charge in [0.2, 0.25) is 0 Å². The lowest BCUT2D eigenvalue weighted by Gasteiger charge is -2.18. The van der Waals surface area contributed by atoms with Gasteiger partial charge in [-0.1, -0.05) is 221 Å². The smallest absolute Gasteiger partial charge is 0.306 e. The van der Waals surface area contributed by atoms with Gasteiger partial charge >= 0.3 is 17.9 Å². The summed E-state index contributed by atoms with van der Waals surface area (Å²) < 4.78 is 16.7. The van der Waals surface area contributed by atoms with E-state index in [1.165, 1.54) is 77.0 Å². The zero-order valence-corrected chi connectivity index (χ0v) is 42.2. The molecule has 65 heavy (non-hydrogen) atoms. The van der Waals surface area contributed by atoms with E-state index >= 15 is 0 Å². The van der Waals surface area contributed by atoms with Crippen molar-refractivity contribution >= 4 is 17.9 Å². The number of ether oxygens (including phenoxy) is 3. The Bertz CT molecular complexity index is 1310. The predicted molar refractivity (Wildman–Crippen MR) is 279 cm³/mol. The molecule has 0 aromatic rings. The van der Waals surface area contributed by atoms with Crippen molar-refractivity contribution in [1.29, 1.82) is 0 Å². The molecule has 0 amide bonds. The number of carbonyl (C=O) groups excluding carboxylic acids is 3. The fraction of sp³-hybridized carbons (Fsp3) is 0.678. The minimum atomic E-state index is -0.789. The van der Waals surface area contributed by atoms with Crippen LogP contribution in [0.3, 0.4) is 0 Å². The van der Waals surface area contributed by atoms with Crippen LogP contribution in [0.4, 0.5) is 0 Å². The lowest BCUT2D eigenvalue weighted by Crippen LogP contribution is -2.30. The first-order valence-corrected chi connectivity index (χ1v) is 26.7. The Morgan fingerprint density at radius 3 is 0.938 bits per heavy atom. The van der Waals surface area contributed by atoms with Gasteiger partial charge in [0.05, 0.1) is 0 Å². The number of esters is 3. The van der Waals surface area contributed by atoms with E-state index < -0.39 is 6.10 Å². The number of carbonyl (C=O) groups is 3. The minimum absolute atomic E-state index is 0.0888. The molecular formula is C59H98O6. The van der Waals surface area contributed by atoms with Crippen LogP contribution < -0.4 is 0 Å². The van der Waals surface area contributed by atoms with E-state index in [1.54, 1.807) is 0 Å². The second-order valence-electron chi connectivity index (χ2n) is 17.4. The molecule has 0 N–H and O–H groups in total. The van der Waals surface area contributed by atoms with Crippen LogP contribution in [-0.2, 0) is 28.6 Å². The van der Waals surface area contributed by atoms with Gasteiger partial charge in [0.1, 0.15) is 13.2 Å². The summed E-state index contributed by atoms with van der Waals surface area (Å²) in [6.07, 6.45) is 69.8. The lowest BCUT2D eigenvalue weighted by atomic mass is 10.1. The van der Waals surface area contributed by atoms with Crippen molar-refractivity contribution < 1.29 is 28.6 Å². The molecule has 6 heteroatoms. The molecule has 6 nitrogen and oxygen atoms in total. The maximum Gasteiger partial charge on any atom is 0.306 e. The summed E-state index contributed by atoms with van der Waals surface area (Å²) in [5.41, 5.74) is 0. The summed E-state index contributed by atoms with van der Waals surface area (Å²) >= 11 is 0. The Kier molecular flexibility index (Phi) is 50.0. The molecule has 0 aliphatic rings. The molecule has 0 aromatic heterocycles. The molecule has 0 saturated heterocycles. The summed E-state index contributed by atoms with van der Waals surface area (Å²) in [5.74, 6) is -0.925. The zero-order valence-electron chi connectivity index (χ0n) is 42.2. The van der Waals surface area contributed by atoms with Crippen molar-refractivity contribution in [3.63, 3.8) is 0 Å². The molecule has 0 heterocycles. The quantitative estimate of drug-likeness (QED) is 0.0262. The van der Waals surface area contributed by atoms with E-state index in [-0.39, 0.29) is 31.1 Å². The van der Waals surface area contributed by atoms with E-state index in [0.29, 0.717) is 19.3 Å². The Morgan fingerprint density at radius 2 is 0.600 bits per heavy atom. The molecular weight excluding hydrogens is 805 g/mol. The SMILES string of the molecule is CC/C=C\C/C=C\C/C=C\C/C=C\CCCCCCCCCCCCC(=O)OCC(COC(=O)CCCCCCCCC)OC(=O)CCCCCC/C=C\C/C=C\C/C=C\C/C=C\CC. The molecule has 0 saturated carbocycles. The molecule has 0 spiro atoms. The van der Waals surface area contributed by atoms with Crippen LogP contribution in [0.1, 0.15) is 239 Å². The summed E-state index contributed by atoms with van der Waals surface area (Å²) in [7, 11) is 0. The monoisotopic (exact) mass is 903 g/mol. The fourth-order valence-electron chi connectivity index (χ4n) is 7.13. The minimum Gasteiger partial charge on any atom is -0.462 e. The van der Waals surface area contributed by atoms with Crippen molar-refractivity contribution in [2.75, 3.05) is 13.2 Å². The molecule has 0 radical (unpaired) electrons. The third-order valence-corrected chi connectivity index (χ3v) is 11.1. The summed E-state index contributed by atoms with van der Waals surface area (Å²) in [6, 6.07) is 0. The van der Waals surface area contributed by atoms with Crippen LogP contribution in [0, 0.1) is 0 Å². The number of hydrogen-bond acceptors (Lipinski definition) is 6. The maximum atomic E-state index is 12.8. The van der Waals surface area contributed by atoms with E-state index in [1.807, 2.05) is 0 Å². The Morgan fingerprint density at radius 1 is 0.323 bits per heavy atom. The first-order valence-electron chi connectivity index (χ1n) is 26.7. The highest BCUT2D eigenvalue weighted by Gasteiger charge is 2.19. The standard InChI is InChI=1S/C59H98O6/c1-4-7-10-13-16-18-20-22-24-26-27-28-29-30-31-33-34-36-38-40-43-46-49-52-58(61)64-55-56(54-63-57(60)51-48-45-42-15-12-9-6-3)65-59(62)53-50-47-44-41-39-37-35-32-25-23-21-19-17-14-11-8-5-2/h7-8,10-11,16-19,22-25,27-28,35,37,56H,4-6,9,12-15,20-21,26,29-34,36,38-55H2,1-3H3/b10-7-,11-8-,18-16-,19-17-,24-22-,25-23-,28-27-,37-35-. The van der Waals surface area contributed by atoms with Gasteiger partial charge in [0.25, 0.3) is 0 Å². The van der Waals surface area contributed by atoms with Crippen LogP contribution in [0.5, 0.6) is 0 Å². The second kappa shape index (κ2) is 52.9. The van der Waals surface area contributed by atoms with Gasteiger partial charge in [-0.3, -0.25) is 14.4 Å². The molecule has 0 rings (SSSR count). The van der Waals surface area contributed by atoms with Crippen molar-refractivity contribution in [3.05, 3.63) is 97.2 Å². The normalized spacial score (nSPS) is 12.8. The maximum absolute atomic E-state index is 12.8. The molecule has 0 bridgehead atoms. The number of unbranched alkanes of at least 4 members (excludes halogenated alkanes) is 20. The van der Waals surface area contributed by atoms with E-state index in [0.717, 1.165) is 122 Å². The van der Waals surface area contributed by atoms with E-state index in [4.69, 9.17) is 14.2 Å². The van der Waals surface area contributed by atoms with Crippen molar-refractivity contribution in [2.24, 2.45) is 0 Å². The zero-order chi connectivity index (χ0) is 47.2. The van der Waals surface area contributed by atoms with Crippen LogP contribution in [0.15, 0.2) is 97.2 Å². The van der Waals surface area contributed by atoms with Gasteiger partial charge in [-0.2, -0.15) is 0 Å². The predicted octanol–water partition coefficient (Wildman–Crippen LogP) is 17.8. The third kappa shape index (κ3) is 51.2. The third-order valence-electron chi connectivity index (χ3n) is 11.1. The van der Waals surface area contributed by atoms with Gasteiger partial charge in [0.15, 0.2) is 6.10 Å². The average Bonchev–Trinajstić information content (AvgIpc) is 3.30. The Labute approximate surface area is 400 Å². The highest BCUT2D eigenvalue weighted by molar-refractivity contribution is 5.71. The van der Waals surface area contributed by atoms with Gasteiger partial charge in [0, 0.05) is 19.3 Å². The fourth-order valence-corrected chi connectivity index (χ4v) is 7.13. The second-order valence-corrected chi connectivity index (χ2v) is 17.4. The molecule has 0 aliphatic carbocycles. The summed E-state index contributed by atoms with van der Waals surface area (Å²) in [5, 5.41) is 0. The average molecular weight is 903 g/mol. The number of allylic oxidation sites excluding steroid dienone is 16. The van der Waals surface area contributed by atoms with Crippen LogP contribution >= 0.6 is 0 Å². The lowest BCUT2D eigenvalue weighted by molar-refractivity contribution is -0.167. The number of hydrogen-bond donors (Lipinski definition) is 0. The Hall–Kier alpha value is -3.67. The molecule has 1 unspecified atom stereocenters. The van der Waals surface area contributed by atoms with Crippen LogP contribution in [0.25, 0.3) is 0 Å². The molecule has 370 valence electrons. The molecule has 1 atom stereocenters. The van der Waals surface area contributed by atoms with Crippen molar-refractivity contribution in [2.45, 2.75) is 245 Å². The first kappa shape index (κ1) is 61.3. The van der Waals surface area contributed by atoms with Gasteiger partial charge in [-0.15, -0.1) is 0 Å².